The lowest BCUT2D eigenvalue weighted by molar-refractivity contribution is -0.141. The highest BCUT2D eigenvalue weighted by atomic mass is 32.2. The number of benzene rings is 1. The molecule has 0 radical (unpaired) electrons. The summed E-state index contributed by atoms with van der Waals surface area (Å²) in [4.78, 5) is 21.6. The van der Waals surface area contributed by atoms with Crippen LogP contribution in [0.2, 0.25) is 0 Å². The Morgan fingerprint density at radius 3 is 2.41 bits per heavy atom. The van der Waals surface area contributed by atoms with Crippen LogP contribution >= 0.6 is 0 Å². The largest absolute Gasteiger partial charge is 0.466 e. The Labute approximate surface area is 131 Å². The number of unbranched alkanes of at least 4 members (excludes halogenated alkanes) is 1. The Morgan fingerprint density at radius 2 is 1.86 bits per heavy atom. The average molecular weight is 327 g/mol. The van der Waals surface area contributed by atoms with Gasteiger partial charge >= 0.3 is 5.97 Å². The third-order valence-corrected chi connectivity index (χ3v) is 4.92. The molecule has 0 atom stereocenters. The minimum Gasteiger partial charge on any atom is -0.466 e. The lowest BCUT2D eigenvalue weighted by atomic mass is 10.2. The lowest BCUT2D eigenvalue weighted by Crippen LogP contribution is -2.33. The van der Waals surface area contributed by atoms with Gasteiger partial charge in [0.05, 0.1) is 18.0 Å². The number of aryl methyl sites for hydroxylation is 1. The highest BCUT2D eigenvalue weighted by Gasteiger charge is 2.23. The summed E-state index contributed by atoms with van der Waals surface area (Å²) in [7, 11) is -3.69. The maximum absolute atomic E-state index is 12.5. The van der Waals surface area contributed by atoms with Gasteiger partial charge in [0.1, 0.15) is 6.29 Å². The molecule has 1 rings (SSSR count). The monoisotopic (exact) mass is 327 g/mol. The van der Waals surface area contributed by atoms with Crippen LogP contribution in [0.5, 0.6) is 0 Å². The number of sulfonamides is 1. The van der Waals surface area contributed by atoms with Gasteiger partial charge in [-0.05, 0) is 31.9 Å². The van der Waals surface area contributed by atoms with Crippen LogP contribution in [0.25, 0.3) is 0 Å². The number of esters is 1. The Balaban J connectivity index is 2.70. The van der Waals surface area contributed by atoms with Crippen LogP contribution in [0.1, 0.15) is 25.3 Å². The van der Waals surface area contributed by atoms with E-state index in [-0.39, 0.29) is 30.6 Å². The molecule has 0 saturated heterocycles. The summed E-state index contributed by atoms with van der Waals surface area (Å²) in [5.41, 5.74) is 0.960. The number of ether oxygens (including phenoxy) is 1. The van der Waals surface area contributed by atoms with Crippen LogP contribution in [-0.2, 0) is 24.3 Å². The molecule has 7 heteroatoms. The zero-order valence-electron chi connectivity index (χ0n) is 12.8. The predicted octanol–water partition coefficient (Wildman–Crippen LogP) is 1.53. The van der Waals surface area contributed by atoms with Crippen molar-refractivity contribution >= 4 is 22.3 Å². The predicted molar refractivity (Wildman–Crippen MR) is 81.9 cm³/mol. The molecule has 0 fully saturated rings. The van der Waals surface area contributed by atoms with Crippen molar-refractivity contribution in [2.45, 2.75) is 31.6 Å². The molecule has 0 heterocycles. The number of hydrogen-bond donors (Lipinski definition) is 0. The topological polar surface area (TPSA) is 80.8 Å². The maximum atomic E-state index is 12.5. The number of aldehydes is 1. The molecule has 0 aliphatic carbocycles. The summed E-state index contributed by atoms with van der Waals surface area (Å²) in [6.45, 7) is 3.45. The van der Waals surface area contributed by atoms with Crippen LogP contribution < -0.4 is 0 Å². The van der Waals surface area contributed by atoms with E-state index in [4.69, 9.17) is 4.74 Å². The third kappa shape index (κ3) is 5.57. The minimum absolute atomic E-state index is 0.167. The summed E-state index contributed by atoms with van der Waals surface area (Å²) in [5.74, 6) is -0.364. The number of hydrogen-bond acceptors (Lipinski definition) is 5. The molecule has 122 valence electrons. The molecule has 0 N–H and O–H groups in total. The van der Waals surface area contributed by atoms with E-state index in [1.165, 1.54) is 19.1 Å². The van der Waals surface area contributed by atoms with Crippen LogP contribution in [0, 0.1) is 6.92 Å². The molecule has 0 saturated carbocycles. The van der Waals surface area contributed by atoms with Crippen molar-refractivity contribution in [2.75, 3.05) is 19.7 Å². The molecule has 22 heavy (non-hydrogen) atoms. The highest BCUT2D eigenvalue weighted by Crippen LogP contribution is 2.16. The summed E-state index contributed by atoms with van der Waals surface area (Å²) >= 11 is 0. The van der Waals surface area contributed by atoms with Gasteiger partial charge in [0.2, 0.25) is 10.0 Å². The van der Waals surface area contributed by atoms with E-state index in [1.54, 1.807) is 12.1 Å². The fourth-order valence-corrected chi connectivity index (χ4v) is 3.26. The fraction of sp³-hybridized carbons (Fsp3) is 0.467. The molecule has 0 aliphatic rings. The van der Waals surface area contributed by atoms with Crippen molar-refractivity contribution < 1.29 is 22.7 Å². The molecular weight excluding hydrogens is 306 g/mol. The zero-order valence-corrected chi connectivity index (χ0v) is 13.6. The first-order valence-electron chi connectivity index (χ1n) is 7.01. The number of rotatable bonds is 9. The van der Waals surface area contributed by atoms with E-state index in [0.717, 1.165) is 9.87 Å². The Kier molecular flexibility index (Phi) is 7.20. The van der Waals surface area contributed by atoms with Crippen LogP contribution in [-0.4, -0.2) is 44.7 Å². The van der Waals surface area contributed by atoms with Gasteiger partial charge in [0, 0.05) is 13.5 Å². The highest BCUT2D eigenvalue weighted by molar-refractivity contribution is 7.89. The lowest BCUT2D eigenvalue weighted by Gasteiger charge is -2.20. The van der Waals surface area contributed by atoms with Gasteiger partial charge in [-0.1, -0.05) is 17.7 Å². The standard InChI is InChI=1S/C15H21NO5S/c1-13-5-7-15(8-6-13)22(19,20)16(10-11-17)9-3-4-12-21-14(2)18/h5-8,11H,3-4,9-10,12H2,1-2H3. The van der Waals surface area contributed by atoms with Gasteiger partial charge in [-0.15, -0.1) is 0 Å². The maximum Gasteiger partial charge on any atom is 0.302 e. The van der Waals surface area contributed by atoms with E-state index >= 15 is 0 Å². The van der Waals surface area contributed by atoms with E-state index < -0.39 is 10.0 Å². The molecule has 6 nitrogen and oxygen atoms in total. The van der Waals surface area contributed by atoms with Crippen LogP contribution in [0.4, 0.5) is 0 Å². The molecule has 0 aromatic heterocycles. The summed E-state index contributed by atoms with van der Waals surface area (Å²) in [6, 6.07) is 6.49. The zero-order chi connectivity index (χ0) is 16.6. The minimum atomic E-state index is -3.69. The van der Waals surface area contributed by atoms with Crippen molar-refractivity contribution in [3.05, 3.63) is 29.8 Å². The molecule has 1 aromatic rings. The number of carbonyl (C=O) groups excluding carboxylic acids is 2. The Hall–Kier alpha value is -1.73. The second-order valence-electron chi connectivity index (χ2n) is 4.89. The molecule has 1 aromatic carbocycles. The van der Waals surface area contributed by atoms with E-state index in [9.17, 15) is 18.0 Å². The third-order valence-electron chi connectivity index (χ3n) is 3.04. The van der Waals surface area contributed by atoms with Crippen molar-refractivity contribution in [2.24, 2.45) is 0 Å². The van der Waals surface area contributed by atoms with E-state index in [2.05, 4.69) is 0 Å². The van der Waals surface area contributed by atoms with E-state index in [0.29, 0.717) is 19.1 Å². The molecule has 0 amide bonds. The van der Waals surface area contributed by atoms with Crippen molar-refractivity contribution in [1.82, 2.24) is 4.31 Å². The quantitative estimate of drug-likeness (QED) is 0.390. The summed E-state index contributed by atoms with van der Waals surface area (Å²) < 4.78 is 30.9. The SMILES string of the molecule is CC(=O)OCCCCN(CC=O)S(=O)(=O)c1ccc(C)cc1. The molecular formula is C15H21NO5S. The molecule has 0 bridgehead atoms. The van der Waals surface area contributed by atoms with Gasteiger partial charge in [-0.25, -0.2) is 8.42 Å². The Bertz CT molecular complexity index is 595. The van der Waals surface area contributed by atoms with Crippen molar-refractivity contribution in [1.29, 1.82) is 0 Å². The number of nitrogens with zero attached hydrogens (tertiary/aromatic N) is 1. The molecule has 0 spiro atoms. The normalized spacial score (nSPS) is 11.4. The van der Waals surface area contributed by atoms with Gasteiger partial charge in [0.25, 0.3) is 0 Å². The first-order valence-corrected chi connectivity index (χ1v) is 8.45. The second-order valence-corrected chi connectivity index (χ2v) is 6.83. The second kappa shape index (κ2) is 8.65. The summed E-state index contributed by atoms with van der Waals surface area (Å²) in [6.07, 6.45) is 1.61. The first-order chi connectivity index (χ1) is 10.4. The van der Waals surface area contributed by atoms with Crippen molar-refractivity contribution in [3.63, 3.8) is 0 Å². The van der Waals surface area contributed by atoms with Crippen molar-refractivity contribution in [3.8, 4) is 0 Å². The van der Waals surface area contributed by atoms with Gasteiger partial charge in [-0.3, -0.25) is 4.79 Å². The fourth-order valence-electron chi connectivity index (χ4n) is 1.86. The molecule has 0 unspecified atom stereocenters. The van der Waals surface area contributed by atoms with Crippen LogP contribution in [0.15, 0.2) is 29.2 Å². The number of carbonyl (C=O) groups is 2. The van der Waals surface area contributed by atoms with Gasteiger partial charge in [0.15, 0.2) is 0 Å². The first kappa shape index (κ1) is 18.3. The smallest absolute Gasteiger partial charge is 0.302 e. The Morgan fingerprint density at radius 1 is 1.23 bits per heavy atom. The molecule has 0 aliphatic heterocycles. The summed E-state index contributed by atoms with van der Waals surface area (Å²) in [5, 5.41) is 0. The van der Waals surface area contributed by atoms with Gasteiger partial charge in [-0.2, -0.15) is 4.31 Å². The van der Waals surface area contributed by atoms with Crippen LogP contribution in [0.3, 0.4) is 0 Å². The van der Waals surface area contributed by atoms with Gasteiger partial charge < -0.3 is 9.53 Å². The average Bonchev–Trinajstić information content (AvgIpc) is 2.46. The van der Waals surface area contributed by atoms with E-state index in [1.807, 2.05) is 6.92 Å².